The van der Waals surface area contributed by atoms with Crippen molar-refractivity contribution in [1.82, 2.24) is 4.57 Å². The summed E-state index contributed by atoms with van der Waals surface area (Å²) in [6, 6.07) is 75.5. The Morgan fingerprint density at radius 2 is 0.635 bits per heavy atom. The molecule has 11 aromatic rings. The molecule has 0 spiro atoms. The first-order chi connectivity index (χ1) is 36.0. The van der Waals surface area contributed by atoms with Gasteiger partial charge in [0.2, 0.25) is 26.9 Å². The third-order valence-corrected chi connectivity index (χ3v) is 17.0. The summed E-state index contributed by atoms with van der Waals surface area (Å²) in [4.78, 5) is 2.44. The number of benzene rings is 10. The zero-order chi connectivity index (χ0) is 50.3. The lowest BCUT2D eigenvalue weighted by molar-refractivity contribution is 1.17. The molecular formula is C68H56B4N2. The number of aryl methyl sites for hydroxylation is 8. The van der Waals surface area contributed by atoms with Crippen molar-refractivity contribution in [2.45, 2.75) is 55.4 Å². The van der Waals surface area contributed by atoms with Gasteiger partial charge in [0.05, 0.1) is 11.0 Å². The van der Waals surface area contributed by atoms with E-state index in [1.807, 2.05) is 0 Å². The van der Waals surface area contributed by atoms with Gasteiger partial charge in [-0.25, -0.2) is 0 Å². The Bertz CT molecular complexity index is 3990. The fraction of sp³-hybridized carbons (Fsp3) is 0.118. The Morgan fingerprint density at radius 1 is 0.297 bits per heavy atom. The normalized spacial score (nSPS) is 13.0. The van der Waals surface area contributed by atoms with Gasteiger partial charge in [0.15, 0.2) is 0 Å². The van der Waals surface area contributed by atoms with Crippen LogP contribution in [0.5, 0.6) is 0 Å². The Morgan fingerprint density at radius 3 is 1.04 bits per heavy atom. The first-order valence-corrected chi connectivity index (χ1v) is 26.6. The van der Waals surface area contributed by atoms with Crippen LogP contribution in [0, 0.1) is 55.4 Å². The minimum atomic E-state index is 0.0901. The van der Waals surface area contributed by atoms with Gasteiger partial charge in [0.1, 0.15) is 0 Å². The Kier molecular flexibility index (Phi) is 10.2. The van der Waals surface area contributed by atoms with Gasteiger partial charge in [-0.2, -0.15) is 0 Å². The Balaban J connectivity index is 0.897. The maximum absolute atomic E-state index is 2.51. The maximum Gasteiger partial charge on any atom is 0.240 e. The molecule has 0 amide bonds. The first kappa shape index (κ1) is 44.7. The molecule has 6 heteroatoms. The van der Waals surface area contributed by atoms with Gasteiger partial charge in [-0.1, -0.05) is 199 Å². The molecule has 3 aliphatic rings. The predicted octanol–water partition coefficient (Wildman–Crippen LogP) is 7.73. The highest BCUT2D eigenvalue weighted by Crippen LogP contribution is 2.38. The summed E-state index contributed by atoms with van der Waals surface area (Å²) in [5, 5.41) is 2.72. The second-order valence-electron chi connectivity index (χ2n) is 22.2. The number of rotatable bonds is 6. The van der Waals surface area contributed by atoms with Crippen LogP contribution >= 0.6 is 0 Å². The van der Waals surface area contributed by atoms with Crippen LogP contribution in [0.1, 0.15) is 44.5 Å². The summed E-state index contributed by atoms with van der Waals surface area (Å²) < 4.78 is 2.51. The Labute approximate surface area is 438 Å². The van der Waals surface area contributed by atoms with E-state index < -0.39 is 0 Å². The van der Waals surface area contributed by atoms with E-state index in [1.54, 1.807) is 0 Å². The van der Waals surface area contributed by atoms with Crippen LogP contribution in [-0.2, 0) is 0 Å². The lowest BCUT2D eigenvalue weighted by Crippen LogP contribution is -2.89. The summed E-state index contributed by atoms with van der Waals surface area (Å²) in [5.41, 5.74) is 34.6. The molecule has 1 aromatic heterocycles. The summed E-state index contributed by atoms with van der Waals surface area (Å²) in [5.74, 6) is 0. The van der Waals surface area contributed by atoms with E-state index in [0.717, 1.165) is 5.69 Å². The number of hydrogen-bond acceptors (Lipinski definition) is 1. The van der Waals surface area contributed by atoms with Gasteiger partial charge in [0, 0.05) is 33.5 Å². The zero-order valence-corrected chi connectivity index (χ0v) is 43.7. The highest BCUT2D eigenvalue weighted by atomic mass is 15.1. The van der Waals surface area contributed by atoms with Crippen LogP contribution < -0.4 is 70.5 Å². The van der Waals surface area contributed by atoms with Crippen molar-refractivity contribution in [3.63, 3.8) is 0 Å². The van der Waals surface area contributed by atoms with Gasteiger partial charge >= 0.3 is 0 Å². The van der Waals surface area contributed by atoms with Crippen LogP contribution in [0.25, 0.3) is 27.5 Å². The number of fused-ring (bicyclic) bond motifs is 9. The number of nitrogens with zero attached hydrogens (tertiary/aromatic N) is 2. The van der Waals surface area contributed by atoms with Crippen molar-refractivity contribution in [2.24, 2.45) is 0 Å². The van der Waals surface area contributed by atoms with Gasteiger partial charge in [-0.15, -0.1) is 0 Å². The molecule has 0 atom stereocenters. The van der Waals surface area contributed by atoms with Crippen LogP contribution in [0.15, 0.2) is 194 Å². The van der Waals surface area contributed by atoms with Crippen LogP contribution in [0.3, 0.4) is 0 Å². The van der Waals surface area contributed by atoms with E-state index >= 15 is 0 Å². The monoisotopic (exact) mass is 944 g/mol. The lowest BCUT2D eigenvalue weighted by atomic mass is 9.11. The molecule has 0 aliphatic carbocycles. The smallest absolute Gasteiger partial charge is 0.240 e. The van der Waals surface area contributed by atoms with E-state index in [0.29, 0.717) is 0 Å². The molecule has 0 bridgehead atoms. The molecule has 74 heavy (non-hydrogen) atoms. The fourth-order valence-corrected chi connectivity index (χ4v) is 14.5. The summed E-state index contributed by atoms with van der Waals surface area (Å²) in [6.45, 7) is 18.2. The zero-order valence-electron chi connectivity index (χ0n) is 43.7. The predicted molar refractivity (Wildman–Crippen MR) is 324 cm³/mol. The topological polar surface area (TPSA) is 8.17 Å². The highest BCUT2D eigenvalue weighted by Gasteiger charge is 2.49. The quantitative estimate of drug-likeness (QED) is 0.155. The van der Waals surface area contributed by atoms with E-state index in [-0.39, 0.29) is 26.9 Å². The second kappa shape index (κ2) is 16.8. The summed E-state index contributed by atoms with van der Waals surface area (Å²) >= 11 is 0. The number of aromatic nitrogens is 1. The molecule has 3 aliphatic heterocycles. The molecule has 0 saturated heterocycles. The van der Waals surface area contributed by atoms with Gasteiger partial charge < -0.3 is 9.47 Å². The number of anilines is 3. The average molecular weight is 944 g/mol. The molecule has 4 heterocycles. The Hall–Kier alpha value is -7.94. The highest BCUT2D eigenvalue weighted by molar-refractivity contribution is 7.21. The average Bonchev–Trinajstić information content (AvgIpc) is 3.72. The molecule has 350 valence electrons. The van der Waals surface area contributed by atoms with Crippen molar-refractivity contribution in [1.29, 1.82) is 0 Å². The summed E-state index contributed by atoms with van der Waals surface area (Å²) in [7, 11) is 0. The van der Waals surface area contributed by atoms with Crippen LogP contribution in [-0.4, -0.2) is 31.4 Å². The molecule has 0 radical (unpaired) electrons. The molecular weight excluding hydrogens is 888 g/mol. The molecule has 14 rings (SSSR count). The van der Waals surface area contributed by atoms with Crippen molar-refractivity contribution < 1.29 is 0 Å². The van der Waals surface area contributed by atoms with Crippen molar-refractivity contribution in [3.8, 4) is 5.69 Å². The van der Waals surface area contributed by atoms with Crippen molar-refractivity contribution in [2.75, 3.05) is 4.90 Å². The standard InChI is InChI=1S/C68H56B4N2/c1-41-31-42(2)36-53(35-41)73(54-37-43(3)32-44(4)38-54)51-27-23-49(24-28-51)69-55-15-9-11-17-57(55)71-62-22-14-20-60-68(62)72(61-21-13-19-59(69)67(61)71)58-18-12-10-16-56(58)70(60)50-25-29-52(30-26-50)74-63-39-45(5)33-47(7)65(63)66-48(8)34-46(6)40-64(66)74/h9-40H,1-8H3. The largest absolute Gasteiger partial charge is 0.310 e. The van der Waals surface area contributed by atoms with Crippen molar-refractivity contribution >= 4 is 131 Å². The van der Waals surface area contributed by atoms with E-state index in [1.165, 1.54) is 149 Å². The SMILES string of the molecule is Cc1cc(C)cc(N(c2ccc(B3c4ccccc4B4c5cccc6c5B(c5ccccc5B6c5ccc(-n6c7cc(C)cc(C)c7c7c(C)cc(C)cc76)cc5)c5cccc3c54)cc2)c2cc(C)cc(C)c2)c1. The third-order valence-electron chi connectivity index (χ3n) is 17.0. The molecule has 2 nitrogen and oxygen atoms in total. The maximum atomic E-state index is 2.51. The molecule has 0 unspecified atom stereocenters. The van der Waals surface area contributed by atoms with Gasteiger partial charge in [0.25, 0.3) is 0 Å². The van der Waals surface area contributed by atoms with Crippen LogP contribution in [0.4, 0.5) is 17.1 Å². The van der Waals surface area contributed by atoms with Crippen LogP contribution in [0.2, 0.25) is 0 Å². The van der Waals surface area contributed by atoms with E-state index in [9.17, 15) is 0 Å². The second-order valence-corrected chi connectivity index (χ2v) is 22.2. The first-order valence-electron chi connectivity index (χ1n) is 26.6. The third kappa shape index (κ3) is 6.76. The molecule has 0 fully saturated rings. The van der Waals surface area contributed by atoms with Gasteiger partial charge in [-0.05, 0) is 161 Å². The van der Waals surface area contributed by atoms with E-state index in [4.69, 9.17) is 0 Å². The fourth-order valence-electron chi connectivity index (χ4n) is 14.5. The van der Waals surface area contributed by atoms with Gasteiger partial charge in [-0.3, -0.25) is 0 Å². The molecule has 0 N–H and O–H groups in total. The summed E-state index contributed by atoms with van der Waals surface area (Å²) in [6.07, 6.45) is 0. The molecule has 10 aromatic carbocycles. The minimum Gasteiger partial charge on any atom is -0.310 e. The number of hydrogen-bond donors (Lipinski definition) is 0. The van der Waals surface area contributed by atoms with E-state index in [2.05, 4.69) is 259 Å². The minimum absolute atomic E-state index is 0.0901. The van der Waals surface area contributed by atoms with Crippen molar-refractivity contribution in [3.05, 3.63) is 239 Å². The molecule has 0 saturated carbocycles. The lowest BCUT2D eigenvalue weighted by Gasteiger charge is -2.43.